The van der Waals surface area contributed by atoms with E-state index in [0.29, 0.717) is 13.1 Å². The van der Waals surface area contributed by atoms with Gasteiger partial charge in [0.1, 0.15) is 5.82 Å². The SMILES string of the molecule is Cc1ccc(SCCNC(=O)C[NH+]2CCN(c3ccc(F)cc3)CC2)cc1. The lowest BCUT2D eigenvalue weighted by Gasteiger charge is -2.33. The molecule has 0 spiro atoms. The first kappa shape index (κ1) is 19.7. The van der Waals surface area contributed by atoms with Gasteiger partial charge in [-0.2, -0.15) is 0 Å². The van der Waals surface area contributed by atoms with Gasteiger partial charge in [-0.3, -0.25) is 4.79 Å². The maximum Gasteiger partial charge on any atom is 0.275 e. The summed E-state index contributed by atoms with van der Waals surface area (Å²) in [4.78, 5) is 16.9. The monoisotopic (exact) mass is 388 g/mol. The van der Waals surface area contributed by atoms with Gasteiger partial charge >= 0.3 is 0 Å². The number of carbonyl (C=O) groups excluding carboxylic acids is 1. The first-order chi connectivity index (χ1) is 13.1. The molecule has 2 aromatic rings. The molecule has 0 radical (unpaired) electrons. The minimum absolute atomic E-state index is 0.115. The van der Waals surface area contributed by atoms with Crippen LogP contribution in [0.5, 0.6) is 0 Å². The molecule has 1 amide bonds. The number of nitrogens with zero attached hydrogens (tertiary/aromatic N) is 1. The average Bonchev–Trinajstić information content (AvgIpc) is 2.68. The minimum Gasteiger partial charge on any atom is -0.360 e. The van der Waals surface area contributed by atoms with Gasteiger partial charge in [-0.05, 0) is 43.3 Å². The number of nitrogens with one attached hydrogen (secondary N) is 2. The maximum absolute atomic E-state index is 13.0. The molecule has 3 rings (SSSR count). The van der Waals surface area contributed by atoms with Crippen LogP contribution in [0.1, 0.15) is 5.56 Å². The van der Waals surface area contributed by atoms with Crippen LogP contribution in [0, 0.1) is 12.7 Å². The Morgan fingerprint density at radius 3 is 2.44 bits per heavy atom. The summed E-state index contributed by atoms with van der Waals surface area (Å²) in [5.41, 5.74) is 2.31. The van der Waals surface area contributed by atoms with Crippen molar-refractivity contribution < 1.29 is 14.1 Å². The van der Waals surface area contributed by atoms with E-state index in [-0.39, 0.29) is 11.7 Å². The van der Waals surface area contributed by atoms with Gasteiger partial charge in [-0.1, -0.05) is 17.7 Å². The lowest BCUT2D eigenvalue weighted by molar-refractivity contribution is -0.892. The molecule has 1 fully saturated rings. The van der Waals surface area contributed by atoms with Crippen molar-refractivity contribution in [3.8, 4) is 0 Å². The molecule has 2 aromatic carbocycles. The Balaban J connectivity index is 1.32. The number of carbonyl (C=O) groups is 1. The fourth-order valence-corrected chi connectivity index (χ4v) is 3.96. The van der Waals surface area contributed by atoms with Crippen LogP contribution in [0.2, 0.25) is 0 Å². The molecule has 0 atom stereocenters. The number of aryl methyl sites for hydroxylation is 1. The number of rotatable bonds is 7. The molecule has 144 valence electrons. The van der Waals surface area contributed by atoms with Crippen molar-refractivity contribution in [3.05, 3.63) is 59.9 Å². The smallest absolute Gasteiger partial charge is 0.275 e. The number of piperazine rings is 1. The molecule has 0 unspecified atom stereocenters. The summed E-state index contributed by atoms with van der Waals surface area (Å²) < 4.78 is 13.0. The Bertz CT molecular complexity index is 728. The van der Waals surface area contributed by atoms with Gasteiger partial charge in [-0.15, -0.1) is 11.8 Å². The van der Waals surface area contributed by atoms with Crippen molar-refractivity contribution in [1.82, 2.24) is 5.32 Å². The lowest BCUT2D eigenvalue weighted by Crippen LogP contribution is -3.16. The largest absolute Gasteiger partial charge is 0.360 e. The number of halogens is 1. The van der Waals surface area contributed by atoms with E-state index in [1.807, 2.05) is 12.1 Å². The molecule has 0 saturated carbocycles. The third-order valence-corrected chi connectivity index (χ3v) is 5.80. The molecule has 6 heteroatoms. The van der Waals surface area contributed by atoms with Crippen LogP contribution in [0.4, 0.5) is 10.1 Å². The van der Waals surface area contributed by atoms with E-state index in [2.05, 4.69) is 41.4 Å². The Morgan fingerprint density at radius 1 is 1.11 bits per heavy atom. The van der Waals surface area contributed by atoms with Crippen LogP contribution in [-0.2, 0) is 4.79 Å². The molecular weight excluding hydrogens is 361 g/mol. The Labute approximate surface area is 164 Å². The summed E-state index contributed by atoms with van der Waals surface area (Å²) in [7, 11) is 0. The van der Waals surface area contributed by atoms with E-state index in [1.165, 1.54) is 27.5 Å². The highest BCUT2D eigenvalue weighted by Crippen LogP contribution is 2.17. The summed E-state index contributed by atoms with van der Waals surface area (Å²) >= 11 is 1.76. The van der Waals surface area contributed by atoms with Gasteiger partial charge in [0, 0.05) is 22.9 Å². The predicted octanol–water partition coefficient (Wildman–Crippen LogP) is 1.75. The summed E-state index contributed by atoms with van der Waals surface area (Å²) in [6.07, 6.45) is 0. The fraction of sp³-hybridized carbons (Fsp3) is 0.381. The fourth-order valence-electron chi connectivity index (χ4n) is 3.19. The highest BCUT2D eigenvalue weighted by molar-refractivity contribution is 7.99. The maximum atomic E-state index is 13.0. The predicted molar refractivity (Wildman–Crippen MR) is 109 cm³/mol. The quantitative estimate of drug-likeness (QED) is 0.561. The first-order valence-corrected chi connectivity index (χ1v) is 10.4. The molecule has 1 heterocycles. The zero-order valence-electron chi connectivity index (χ0n) is 15.7. The lowest BCUT2D eigenvalue weighted by atomic mass is 10.2. The Morgan fingerprint density at radius 2 is 1.78 bits per heavy atom. The van der Waals surface area contributed by atoms with Crippen molar-refractivity contribution in [2.45, 2.75) is 11.8 Å². The van der Waals surface area contributed by atoms with Gasteiger partial charge in [0.05, 0.1) is 26.2 Å². The number of benzene rings is 2. The summed E-state index contributed by atoms with van der Waals surface area (Å²) in [6, 6.07) is 15.1. The van der Waals surface area contributed by atoms with Crippen LogP contribution < -0.4 is 15.1 Å². The molecule has 4 nitrogen and oxygen atoms in total. The van der Waals surface area contributed by atoms with E-state index >= 15 is 0 Å². The van der Waals surface area contributed by atoms with E-state index < -0.39 is 0 Å². The zero-order chi connectivity index (χ0) is 19.1. The number of anilines is 1. The number of quaternary nitrogens is 1. The van der Waals surface area contributed by atoms with Crippen LogP contribution in [0.15, 0.2) is 53.4 Å². The van der Waals surface area contributed by atoms with Crippen LogP contribution in [-0.4, -0.2) is 50.9 Å². The van der Waals surface area contributed by atoms with Gasteiger partial charge in [-0.25, -0.2) is 4.39 Å². The van der Waals surface area contributed by atoms with Crippen molar-refractivity contribution >= 4 is 23.4 Å². The number of amides is 1. The first-order valence-electron chi connectivity index (χ1n) is 9.40. The van der Waals surface area contributed by atoms with E-state index in [1.54, 1.807) is 11.8 Å². The van der Waals surface area contributed by atoms with E-state index in [4.69, 9.17) is 0 Å². The molecule has 1 aliphatic rings. The number of hydrogen-bond acceptors (Lipinski definition) is 3. The van der Waals surface area contributed by atoms with Crippen molar-refractivity contribution in [1.29, 1.82) is 0 Å². The highest BCUT2D eigenvalue weighted by atomic mass is 32.2. The second kappa shape index (κ2) is 9.76. The molecule has 1 saturated heterocycles. The van der Waals surface area contributed by atoms with Crippen LogP contribution >= 0.6 is 11.8 Å². The average molecular weight is 389 g/mol. The van der Waals surface area contributed by atoms with Gasteiger partial charge in [0.2, 0.25) is 0 Å². The third kappa shape index (κ3) is 6.26. The van der Waals surface area contributed by atoms with E-state index in [9.17, 15) is 9.18 Å². The van der Waals surface area contributed by atoms with Gasteiger partial charge < -0.3 is 15.1 Å². The Hall–Kier alpha value is -2.05. The second-order valence-electron chi connectivity index (χ2n) is 6.90. The topological polar surface area (TPSA) is 36.8 Å². The van der Waals surface area contributed by atoms with Gasteiger partial charge in [0.25, 0.3) is 5.91 Å². The summed E-state index contributed by atoms with van der Waals surface area (Å²) in [5.74, 6) is 0.785. The number of thioether (sulfide) groups is 1. The zero-order valence-corrected chi connectivity index (χ0v) is 16.5. The standard InChI is InChI=1S/C21H26FN3OS/c1-17-2-8-20(9-3-17)27-15-10-23-21(26)16-24-11-13-25(14-12-24)19-6-4-18(22)5-7-19/h2-9H,10-16H2,1H3,(H,23,26)/p+1. The molecular formula is C21H27FN3OS+. The normalized spacial score (nSPS) is 15.0. The highest BCUT2D eigenvalue weighted by Gasteiger charge is 2.22. The van der Waals surface area contributed by atoms with Crippen molar-refractivity contribution in [2.75, 3.05) is 49.9 Å². The molecule has 0 aromatic heterocycles. The molecule has 27 heavy (non-hydrogen) atoms. The summed E-state index contributed by atoms with van der Waals surface area (Å²) in [6.45, 7) is 6.90. The summed E-state index contributed by atoms with van der Waals surface area (Å²) in [5, 5.41) is 3.02. The third-order valence-electron chi connectivity index (χ3n) is 4.79. The van der Waals surface area contributed by atoms with E-state index in [0.717, 1.165) is 37.6 Å². The van der Waals surface area contributed by atoms with Crippen LogP contribution in [0.3, 0.4) is 0 Å². The second-order valence-corrected chi connectivity index (χ2v) is 8.07. The number of hydrogen-bond donors (Lipinski definition) is 2. The van der Waals surface area contributed by atoms with Gasteiger partial charge in [0.15, 0.2) is 6.54 Å². The minimum atomic E-state index is -0.208. The molecule has 2 N–H and O–H groups in total. The molecule has 1 aliphatic heterocycles. The molecule has 0 aliphatic carbocycles. The van der Waals surface area contributed by atoms with Crippen LogP contribution in [0.25, 0.3) is 0 Å². The van der Waals surface area contributed by atoms with Crippen molar-refractivity contribution in [2.24, 2.45) is 0 Å². The Kier molecular flexibility index (Phi) is 7.12. The molecule has 0 bridgehead atoms. The van der Waals surface area contributed by atoms with Crippen molar-refractivity contribution in [3.63, 3.8) is 0 Å².